The Morgan fingerprint density at radius 1 is 1.65 bits per heavy atom. The summed E-state index contributed by atoms with van der Waals surface area (Å²) in [6.45, 7) is 4.06. The fourth-order valence-corrected chi connectivity index (χ4v) is 1.30. The van der Waals surface area contributed by atoms with Crippen LogP contribution in [0, 0.1) is 0 Å². The summed E-state index contributed by atoms with van der Waals surface area (Å²) in [6.07, 6.45) is 4.18. The number of aryl methyl sites for hydroxylation is 1. The molecule has 0 saturated heterocycles. The maximum atomic E-state index is 11.6. The smallest absolute Gasteiger partial charge is 0.260 e. The highest BCUT2D eigenvalue weighted by Crippen LogP contribution is 2.07. The van der Waals surface area contributed by atoms with E-state index in [2.05, 4.69) is 5.10 Å². The topological polar surface area (TPSA) is 73.4 Å². The van der Waals surface area contributed by atoms with Crippen molar-refractivity contribution in [2.75, 3.05) is 26.7 Å². The molecule has 0 aliphatic heterocycles. The number of carbonyl (C=O) groups is 1. The summed E-state index contributed by atoms with van der Waals surface area (Å²) in [5, 5.41) is 4.06. The van der Waals surface area contributed by atoms with Gasteiger partial charge in [0.15, 0.2) is 12.4 Å². The summed E-state index contributed by atoms with van der Waals surface area (Å²) >= 11 is 0. The number of hydrogen-bond donors (Lipinski definition) is 1. The zero-order valence-corrected chi connectivity index (χ0v) is 10.4. The zero-order chi connectivity index (χ0) is 12.7. The van der Waals surface area contributed by atoms with Crippen molar-refractivity contribution in [2.45, 2.75) is 19.9 Å². The summed E-state index contributed by atoms with van der Waals surface area (Å²) in [6, 6.07) is 0. The van der Waals surface area contributed by atoms with Gasteiger partial charge >= 0.3 is 0 Å². The average Bonchev–Trinajstić information content (AvgIpc) is 2.80. The molecule has 0 aromatic carbocycles. The van der Waals surface area contributed by atoms with E-state index in [4.69, 9.17) is 10.5 Å². The number of hydrogen-bond acceptors (Lipinski definition) is 4. The Balaban J connectivity index is 2.32. The van der Waals surface area contributed by atoms with Crippen LogP contribution in [-0.4, -0.2) is 47.3 Å². The lowest BCUT2D eigenvalue weighted by atomic mass is 10.4. The third-order valence-corrected chi connectivity index (χ3v) is 2.42. The van der Waals surface area contributed by atoms with Gasteiger partial charge in [0.05, 0.1) is 12.4 Å². The molecule has 0 fully saturated rings. The first-order valence-electron chi connectivity index (χ1n) is 5.76. The molecule has 0 spiro atoms. The molecular weight excluding hydrogens is 220 g/mol. The molecule has 0 unspecified atom stereocenters. The van der Waals surface area contributed by atoms with Crippen molar-refractivity contribution in [2.24, 2.45) is 5.73 Å². The molecule has 1 aromatic rings. The van der Waals surface area contributed by atoms with Gasteiger partial charge in [0.2, 0.25) is 0 Å². The van der Waals surface area contributed by atoms with Crippen LogP contribution < -0.4 is 10.5 Å². The van der Waals surface area contributed by atoms with Crippen molar-refractivity contribution in [3.8, 4) is 5.75 Å². The third-order valence-electron chi connectivity index (χ3n) is 2.42. The standard InChI is InChI=1S/C11H20N4O2/c1-3-15-8-10(7-13-15)17-9-11(16)14(2)6-4-5-12/h7-8H,3-6,9,12H2,1-2H3. The Morgan fingerprint density at radius 2 is 2.41 bits per heavy atom. The van der Waals surface area contributed by atoms with Gasteiger partial charge in [-0.1, -0.05) is 0 Å². The highest BCUT2D eigenvalue weighted by molar-refractivity contribution is 5.77. The number of nitrogens with zero attached hydrogens (tertiary/aromatic N) is 3. The maximum Gasteiger partial charge on any atom is 0.260 e. The molecule has 0 radical (unpaired) electrons. The minimum atomic E-state index is -0.0531. The van der Waals surface area contributed by atoms with E-state index in [1.165, 1.54) is 0 Å². The lowest BCUT2D eigenvalue weighted by Crippen LogP contribution is -2.33. The number of carbonyl (C=O) groups excluding carboxylic acids is 1. The second kappa shape index (κ2) is 6.90. The van der Waals surface area contributed by atoms with Crippen LogP contribution in [0.1, 0.15) is 13.3 Å². The second-order valence-corrected chi connectivity index (χ2v) is 3.78. The van der Waals surface area contributed by atoms with Crippen molar-refractivity contribution >= 4 is 5.91 Å². The second-order valence-electron chi connectivity index (χ2n) is 3.78. The maximum absolute atomic E-state index is 11.6. The molecule has 1 rings (SSSR count). The average molecular weight is 240 g/mol. The number of aromatic nitrogens is 2. The van der Waals surface area contributed by atoms with Crippen molar-refractivity contribution in [3.63, 3.8) is 0 Å². The number of nitrogens with two attached hydrogens (primary N) is 1. The Kier molecular flexibility index (Phi) is 5.48. The number of ether oxygens (including phenoxy) is 1. The van der Waals surface area contributed by atoms with Crippen LogP contribution in [-0.2, 0) is 11.3 Å². The zero-order valence-electron chi connectivity index (χ0n) is 10.4. The monoisotopic (exact) mass is 240 g/mol. The van der Waals surface area contributed by atoms with E-state index in [9.17, 15) is 4.79 Å². The SMILES string of the molecule is CCn1cc(OCC(=O)N(C)CCCN)cn1. The van der Waals surface area contributed by atoms with Crippen LogP contribution in [0.2, 0.25) is 0 Å². The first-order valence-corrected chi connectivity index (χ1v) is 5.76. The number of likely N-dealkylation sites (N-methyl/N-ethyl adjacent to an activating group) is 1. The minimum absolute atomic E-state index is 0.0382. The lowest BCUT2D eigenvalue weighted by molar-refractivity contribution is -0.132. The summed E-state index contributed by atoms with van der Waals surface area (Å²) in [5.74, 6) is 0.565. The van der Waals surface area contributed by atoms with Crippen molar-refractivity contribution in [3.05, 3.63) is 12.4 Å². The van der Waals surface area contributed by atoms with Gasteiger partial charge < -0.3 is 15.4 Å². The first-order chi connectivity index (χ1) is 8.17. The van der Waals surface area contributed by atoms with E-state index in [0.717, 1.165) is 13.0 Å². The predicted molar refractivity (Wildman–Crippen MR) is 64.7 cm³/mol. The highest BCUT2D eigenvalue weighted by atomic mass is 16.5. The lowest BCUT2D eigenvalue weighted by Gasteiger charge is -2.16. The van der Waals surface area contributed by atoms with Gasteiger partial charge in [0.1, 0.15) is 0 Å². The van der Waals surface area contributed by atoms with E-state index in [1.807, 2.05) is 6.92 Å². The largest absolute Gasteiger partial charge is 0.480 e. The Labute approximate surface area is 101 Å². The van der Waals surface area contributed by atoms with Crippen molar-refractivity contribution < 1.29 is 9.53 Å². The van der Waals surface area contributed by atoms with Gasteiger partial charge in [0.25, 0.3) is 5.91 Å². The molecule has 1 heterocycles. The summed E-state index contributed by atoms with van der Waals surface area (Å²) in [5.41, 5.74) is 5.38. The van der Waals surface area contributed by atoms with Gasteiger partial charge in [-0.25, -0.2) is 0 Å². The molecule has 0 bridgehead atoms. The van der Waals surface area contributed by atoms with Gasteiger partial charge in [-0.3, -0.25) is 9.48 Å². The molecule has 96 valence electrons. The highest BCUT2D eigenvalue weighted by Gasteiger charge is 2.09. The van der Waals surface area contributed by atoms with Gasteiger partial charge in [-0.05, 0) is 19.9 Å². The fraction of sp³-hybridized carbons (Fsp3) is 0.636. The van der Waals surface area contributed by atoms with Crippen LogP contribution >= 0.6 is 0 Å². The molecule has 0 saturated carbocycles. The quantitative estimate of drug-likeness (QED) is 0.733. The van der Waals surface area contributed by atoms with E-state index in [1.54, 1.807) is 29.0 Å². The molecular formula is C11H20N4O2. The van der Waals surface area contributed by atoms with Gasteiger partial charge in [0, 0.05) is 20.1 Å². The third kappa shape index (κ3) is 4.44. The van der Waals surface area contributed by atoms with Crippen LogP contribution in [0.3, 0.4) is 0 Å². The van der Waals surface area contributed by atoms with Gasteiger partial charge in [-0.15, -0.1) is 0 Å². The first kappa shape index (κ1) is 13.5. The molecule has 0 aliphatic rings. The molecule has 0 atom stereocenters. The normalized spacial score (nSPS) is 10.3. The van der Waals surface area contributed by atoms with E-state index in [-0.39, 0.29) is 12.5 Å². The van der Waals surface area contributed by atoms with Crippen LogP contribution in [0.25, 0.3) is 0 Å². The molecule has 2 N–H and O–H groups in total. The number of amides is 1. The molecule has 6 heteroatoms. The summed E-state index contributed by atoms with van der Waals surface area (Å²) in [4.78, 5) is 13.3. The van der Waals surface area contributed by atoms with Crippen molar-refractivity contribution in [1.82, 2.24) is 14.7 Å². The Bertz CT molecular complexity index is 351. The molecule has 0 aliphatic carbocycles. The van der Waals surface area contributed by atoms with E-state index < -0.39 is 0 Å². The van der Waals surface area contributed by atoms with Crippen molar-refractivity contribution in [1.29, 1.82) is 0 Å². The number of rotatable bonds is 7. The van der Waals surface area contributed by atoms with E-state index >= 15 is 0 Å². The molecule has 17 heavy (non-hydrogen) atoms. The summed E-state index contributed by atoms with van der Waals surface area (Å²) < 4.78 is 7.09. The van der Waals surface area contributed by atoms with Crippen LogP contribution in [0.5, 0.6) is 5.75 Å². The summed E-state index contributed by atoms with van der Waals surface area (Å²) in [7, 11) is 1.75. The Morgan fingerprint density at radius 3 is 3.00 bits per heavy atom. The molecule has 6 nitrogen and oxygen atoms in total. The minimum Gasteiger partial charge on any atom is -0.480 e. The van der Waals surface area contributed by atoms with E-state index in [0.29, 0.717) is 18.8 Å². The van der Waals surface area contributed by atoms with Crippen LogP contribution in [0.4, 0.5) is 0 Å². The fourth-order valence-electron chi connectivity index (χ4n) is 1.30. The molecule has 1 aromatic heterocycles. The van der Waals surface area contributed by atoms with Gasteiger partial charge in [-0.2, -0.15) is 5.10 Å². The molecule has 1 amide bonds. The Hall–Kier alpha value is -1.56. The predicted octanol–water partition coefficient (Wildman–Crippen LogP) is 0.0890. The van der Waals surface area contributed by atoms with Crippen LogP contribution in [0.15, 0.2) is 12.4 Å².